The number of anilines is 1. The molecule has 2 aromatic carbocycles. The Morgan fingerprint density at radius 3 is 2.65 bits per heavy atom. The second-order valence-corrected chi connectivity index (χ2v) is 11.5. The van der Waals surface area contributed by atoms with Gasteiger partial charge in [-0.25, -0.2) is 0 Å². The Labute approximate surface area is 202 Å². The summed E-state index contributed by atoms with van der Waals surface area (Å²) in [6.45, 7) is 5.68. The van der Waals surface area contributed by atoms with Crippen LogP contribution in [0.4, 0.5) is 5.69 Å². The van der Waals surface area contributed by atoms with Gasteiger partial charge >= 0.3 is 5.97 Å². The molecule has 178 valence electrons. The maximum absolute atomic E-state index is 14.3. The summed E-state index contributed by atoms with van der Waals surface area (Å²) in [6.07, 6.45) is 2.87. The van der Waals surface area contributed by atoms with Crippen molar-refractivity contribution in [3.63, 3.8) is 0 Å². The van der Waals surface area contributed by atoms with Crippen LogP contribution >= 0.6 is 11.8 Å². The predicted octanol–water partition coefficient (Wildman–Crippen LogP) is 2.92. The lowest BCUT2D eigenvalue weighted by Gasteiger charge is -2.37. The maximum atomic E-state index is 14.3. The summed E-state index contributed by atoms with van der Waals surface area (Å²) in [5.74, 6) is -3.23. The first kappa shape index (κ1) is 22.9. The third kappa shape index (κ3) is 3.11. The van der Waals surface area contributed by atoms with E-state index in [0.717, 1.165) is 10.8 Å². The van der Waals surface area contributed by atoms with Gasteiger partial charge in [0.2, 0.25) is 5.91 Å². The summed E-state index contributed by atoms with van der Waals surface area (Å²) in [6, 6.07) is 12.8. The molecule has 1 spiro atoms. The van der Waals surface area contributed by atoms with E-state index in [1.165, 1.54) is 16.7 Å². The monoisotopic (exact) mass is 480 g/mol. The van der Waals surface area contributed by atoms with Crippen molar-refractivity contribution >= 4 is 46.0 Å². The van der Waals surface area contributed by atoms with Crippen molar-refractivity contribution in [3.8, 4) is 0 Å². The minimum atomic E-state index is -0.996. The summed E-state index contributed by atoms with van der Waals surface area (Å²) >= 11 is 1.49. The number of β-amino-alcohol motifs (C(OH)–C–C–N with tert-alkyl or cyclic N) is 1. The van der Waals surface area contributed by atoms with Gasteiger partial charge in [0.1, 0.15) is 6.04 Å². The average Bonchev–Trinajstić information content (AvgIpc) is 3.38. The summed E-state index contributed by atoms with van der Waals surface area (Å²) in [7, 11) is 0. The number of likely N-dealkylation sites (tertiary alicyclic amines) is 1. The second kappa shape index (κ2) is 8.13. The van der Waals surface area contributed by atoms with Crippen LogP contribution in [0.3, 0.4) is 0 Å². The molecule has 0 saturated carbocycles. The van der Waals surface area contributed by atoms with Crippen LogP contribution in [0.2, 0.25) is 0 Å². The zero-order chi connectivity index (χ0) is 24.3. The van der Waals surface area contributed by atoms with E-state index in [0.29, 0.717) is 18.5 Å². The fourth-order valence-electron chi connectivity index (χ4n) is 6.37. The number of carboxylic acids is 1. The minimum absolute atomic E-state index is 0.00322. The van der Waals surface area contributed by atoms with E-state index < -0.39 is 33.3 Å². The first-order valence-electron chi connectivity index (χ1n) is 11.5. The highest BCUT2D eigenvalue weighted by Gasteiger charge is 2.77. The molecule has 3 aliphatic heterocycles. The Kier molecular flexibility index (Phi) is 5.48. The molecule has 2 unspecified atom stereocenters. The van der Waals surface area contributed by atoms with E-state index >= 15 is 0 Å². The number of benzene rings is 2. The molecule has 5 atom stereocenters. The molecule has 3 fully saturated rings. The van der Waals surface area contributed by atoms with Gasteiger partial charge in [0.25, 0.3) is 5.91 Å². The summed E-state index contributed by atoms with van der Waals surface area (Å²) in [4.78, 5) is 43.1. The number of aliphatic hydroxyl groups is 1. The Hall–Kier alpha value is -2.84. The lowest BCUT2D eigenvalue weighted by atomic mass is 9.66. The molecule has 2 aromatic rings. The van der Waals surface area contributed by atoms with Gasteiger partial charge in [-0.15, -0.1) is 18.3 Å². The SMILES string of the molecule is C=CCN(C(=O)C1N(CCO)C(=O)[C@@H]2[C@H](C(=O)O)[C@]3(C)CCC12S3)c1ccc2ccccc2c1. The number of rotatable bonds is 7. The Morgan fingerprint density at radius 1 is 1.24 bits per heavy atom. The standard InChI is InChI=1S/C26H28N2O5S/c1-3-12-27(18-9-8-16-6-4-5-7-17(16)15-18)23(31)21-26-11-10-25(2,34-26)20(24(32)33)19(26)22(30)28(21)13-14-29/h3-9,15,19-21,29H,1,10-14H2,2H3,(H,32,33)/t19-,20+,21?,25-,26?/m0/s1. The van der Waals surface area contributed by atoms with E-state index in [1.54, 1.807) is 11.0 Å². The summed E-state index contributed by atoms with van der Waals surface area (Å²) in [5, 5.41) is 21.8. The van der Waals surface area contributed by atoms with Gasteiger partial charge in [0, 0.05) is 23.5 Å². The highest BCUT2D eigenvalue weighted by Crippen LogP contribution is 2.71. The van der Waals surface area contributed by atoms with Gasteiger partial charge in [0.15, 0.2) is 0 Å². The Bertz CT molecular complexity index is 1200. The number of aliphatic carboxylic acids is 1. The third-order valence-corrected chi connectivity index (χ3v) is 9.73. The van der Waals surface area contributed by atoms with Crippen LogP contribution in [0, 0.1) is 11.8 Å². The molecule has 2 bridgehead atoms. The van der Waals surface area contributed by atoms with Crippen molar-refractivity contribution in [2.24, 2.45) is 11.8 Å². The lowest BCUT2D eigenvalue weighted by molar-refractivity contribution is -0.150. The van der Waals surface area contributed by atoms with Crippen molar-refractivity contribution in [3.05, 3.63) is 55.1 Å². The zero-order valence-corrected chi connectivity index (χ0v) is 19.8. The zero-order valence-electron chi connectivity index (χ0n) is 19.0. The fraction of sp³-hybridized carbons (Fsp3) is 0.423. The molecule has 7 nitrogen and oxygen atoms in total. The molecule has 0 aliphatic carbocycles. The normalized spacial score (nSPS) is 31.6. The van der Waals surface area contributed by atoms with Crippen LogP contribution in [0.15, 0.2) is 55.1 Å². The number of carbonyl (C=O) groups excluding carboxylic acids is 2. The maximum Gasteiger partial charge on any atom is 0.308 e. The van der Waals surface area contributed by atoms with E-state index in [4.69, 9.17) is 0 Å². The molecule has 34 heavy (non-hydrogen) atoms. The minimum Gasteiger partial charge on any atom is -0.481 e. The second-order valence-electron chi connectivity index (χ2n) is 9.59. The van der Waals surface area contributed by atoms with Gasteiger partial charge in [0.05, 0.1) is 23.2 Å². The first-order valence-corrected chi connectivity index (χ1v) is 12.3. The lowest BCUT2D eigenvalue weighted by Crippen LogP contribution is -2.55. The van der Waals surface area contributed by atoms with Crippen molar-refractivity contribution in [2.75, 3.05) is 24.6 Å². The number of amides is 2. The number of hydrogen-bond donors (Lipinski definition) is 2. The van der Waals surface area contributed by atoms with E-state index in [2.05, 4.69) is 6.58 Å². The molecule has 2 amide bonds. The topological polar surface area (TPSA) is 98.2 Å². The molecule has 0 radical (unpaired) electrons. The van der Waals surface area contributed by atoms with Crippen LogP contribution in [-0.2, 0) is 14.4 Å². The van der Waals surface area contributed by atoms with E-state index in [1.807, 2.05) is 49.4 Å². The number of fused-ring (bicyclic) bond motifs is 2. The van der Waals surface area contributed by atoms with Gasteiger partial charge in [-0.1, -0.05) is 36.4 Å². The average molecular weight is 481 g/mol. The first-order chi connectivity index (χ1) is 16.3. The number of hydrogen-bond acceptors (Lipinski definition) is 5. The number of carboxylic acid groups (broad SMARTS) is 1. The summed E-state index contributed by atoms with van der Waals surface area (Å²) in [5.41, 5.74) is 0.693. The molecule has 2 N–H and O–H groups in total. The van der Waals surface area contributed by atoms with Gasteiger partial charge in [-0.3, -0.25) is 14.4 Å². The van der Waals surface area contributed by atoms with Gasteiger partial charge in [-0.05, 0) is 42.7 Å². The molecule has 3 heterocycles. The van der Waals surface area contributed by atoms with Crippen LogP contribution in [0.5, 0.6) is 0 Å². The molecular formula is C26H28N2O5S. The van der Waals surface area contributed by atoms with Crippen LogP contribution < -0.4 is 4.90 Å². The highest BCUT2D eigenvalue weighted by molar-refractivity contribution is 8.02. The van der Waals surface area contributed by atoms with Crippen LogP contribution in [0.1, 0.15) is 19.8 Å². The number of thioether (sulfide) groups is 1. The van der Waals surface area contributed by atoms with Crippen LogP contribution in [-0.4, -0.2) is 68.1 Å². The van der Waals surface area contributed by atoms with Crippen molar-refractivity contribution in [2.45, 2.75) is 35.3 Å². The molecular weight excluding hydrogens is 452 g/mol. The molecule has 8 heteroatoms. The van der Waals surface area contributed by atoms with Crippen molar-refractivity contribution < 1.29 is 24.6 Å². The molecule has 3 aliphatic rings. The molecule has 3 saturated heterocycles. The predicted molar refractivity (Wildman–Crippen MR) is 132 cm³/mol. The van der Waals surface area contributed by atoms with Crippen LogP contribution in [0.25, 0.3) is 10.8 Å². The van der Waals surface area contributed by atoms with E-state index in [9.17, 15) is 24.6 Å². The quantitative estimate of drug-likeness (QED) is 0.592. The largest absolute Gasteiger partial charge is 0.481 e. The number of aliphatic hydroxyl groups excluding tert-OH is 1. The summed E-state index contributed by atoms with van der Waals surface area (Å²) < 4.78 is -1.42. The van der Waals surface area contributed by atoms with E-state index in [-0.39, 0.29) is 31.5 Å². The third-order valence-electron chi connectivity index (χ3n) is 7.74. The molecule has 5 rings (SSSR count). The number of nitrogens with zero attached hydrogens (tertiary/aromatic N) is 2. The smallest absolute Gasteiger partial charge is 0.308 e. The van der Waals surface area contributed by atoms with Gasteiger partial charge in [-0.2, -0.15) is 0 Å². The van der Waals surface area contributed by atoms with Crippen molar-refractivity contribution in [1.29, 1.82) is 0 Å². The molecule has 0 aromatic heterocycles. The Balaban J connectivity index is 1.60. The fourth-order valence-corrected chi connectivity index (χ4v) is 8.72. The Morgan fingerprint density at radius 2 is 1.97 bits per heavy atom. The van der Waals surface area contributed by atoms with Crippen molar-refractivity contribution in [1.82, 2.24) is 4.90 Å². The highest BCUT2D eigenvalue weighted by atomic mass is 32.2. The van der Waals surface area contributed by atoms with Gasteiger partial charge < -0.3 is 20.0 Å². The number of carbonyl (C=O) groups is 3.